The maximum Gasteiger partial charge on any atom is 0.326 e. The summed E-state index contributed by atoms with van der Waals surface area (Å²) in [7, 11) is 1.53. The number of halogens is 1. The van der Waals surface area contributed by atoms with Crippen molar-refractivity contribution in [3.8, 4) is 0 Å². The Balaban J connectivity index is 2.73. The number of carbonyl (C=O) groups is 2. The van der Waals surface area contributed by atoms with Crippen molar-refractivity contribution in [3.63, 3.8) is 0 Å². The van der Waals surface area contributed by atoms with E-state index in [9.17, 15) is 9.59 Å². The molecule has 18 heavy (non-hydrogen) atoms. The summed E-state index contributed by atoms with van der Waals surface area (Å²) >= 11 is 3.34. The molecule has 0 radical (unpaired) electrons. The number of rotatable bonds is 5. The zero-order valence-electron chi connectivity index (χ0n) is 10.4. The highest BCUT2D eigenvalue weighted by Gasteiger charge is 2.24. The Morgan fingerprint density at radius 2 is 2.11 bits per heavy atom. The summed E-state index contributed by atoms with van der Waals surface area (Å²) in [6.45, 7) is 1.75. The number of likely N-dealkylation sites (N-methyl/N-ethyl adjacent to an activating group) is 1. The minimum atomic E-state index is -0.970. The molecule has 1 aromatic rings. The molecule has 0 saturated heterocycles. The highest BCUT2D eigenvalue weighted by atomic mass is 79.9. The molecule has 1 unspecified atom stereocenters. The summed E-state index contributed by atoms with van der Waals surface area (Å²) in [4.78, 5) is 24.3. The van der Waals surface area contributed by atoms with Crippen LogP contribution < -0.4 is 0 Å². The molecule has 1 aromatic carbocycles. The second-order valence-corrected chi connectivity index (χ2v) is 4.99. The lowest BCUT2D eigenvalue weighted by Gasteiger charge is -2.23. The van der Waals surface area contributed by atoms with Gasteiger partial charge in [-0.3, -0.25) is 4.79 Å². The predicted molar refractivity (Wildman–Crippen MR) is 72.3 cm³/mol. The third kappa shape index (κ3) is 3.84. The van der Waals surface area contributed by atoms with Crippen molar-refractivity contribution in [2.24, 2.45) is 0 Å². The predicted octanol–water partition coefficient (Wildman–Crippen LogP) is 2.31. The monoisotopic (exact) mass is 313 g/mol. The number of hydrogen-bond acceptors (Lipinski definition) is 2. The Labute approximate surface area is 115 Å². The fourth-order valence-electron chi connectivity index (χ4n) is 1.73. The Kier molecular flexibility index (Phi) is 5.34. The van der Waals surface area contributed by atoms with Crippen molar-refractivity contribution < 1.29 is 14.7 Å². The summed E-state index contributed by atoms with van der Waals surface area (Å²) in [5, 5.41) is 9.00. The van der Waals surface area contributed by atoms with E-state index in [4.69, 9.17) is 5.11 Å². The number of carboxylic acid groups (broad SMARTS) is 1. The molecule has 5 heteroatoms. The van der Waals surface area contributed by atoms with Crippen LogP contribution in [0.1, 0.15) is 18.9 Å². The second kappa shape index (κ2) is 6.54. The molecule has 0 saturated carbocycles. The Morgan fingerprint density at radius 3 is 2.61 bits per heavy atom. The van der Waals surface area contributed by atoms with Gasteiger partial charge in [0.2, 0.25) is 5.91 Å². The molecule has 1 rings (SSSR count). The van der Waals surface area contributed by atoms with Gasteiger partial charge in [0.15, 0.2) is 0 Å². The van der Waals surface area contributed by atoms with Gasteiger partial charge in [0, 0.05) is 11.5 Å². The summed E-state index contributed by atoms with van der Waals surface area (Å²) in [5.74, 6) is -1.16. The van der Waals surface area contributed by atoms with E-state index >= 15 is 0 Å². The lowest BCUT2D eigenvalue weighted by molar-refractivity contribution is -0.148. The molecule has 0 aliphatic rings. The molecule has 98 valence electrons. The van der Waals surface area contributed by atoms with E-state index in [2.05, 4.69) is 15.9 Å². The van der Waals surface area contributed by atoms with Crippen molar-refractivity contribution >= 4 is 27.8 Å². The van der Waals surface area contributed by atoms with Gasteiger partial charge in [-0.15, -0.1) is 0 Å². The van der Waals surface area contributed by atoms with Crippen molar-refractivity contribution in [1.29, 1.82) is 0 Å². The van der Waals surface area contributed by atoms with Crippen LogP contribution in [0, 0.1) is 0 Å². The quantitative estimate of drug-likeness (QED) is 0.907. The summed E-state index contributed by atoms with van der Waals surface area (Å²) in [5.41, 5.74) is 0.862. The van der Waals surface area contributed by atoms with Crippen molar-refractivity contribution in [2.45, 2.75) is 25.8 Å². The van der Waals surface area contributed by atoms with Gasteiger partial charge in [-0.05, 0) is 24.1 Å². The van der Waals surface area contributed by atoms with Crippen LogP contribution in [0.25, 0.3) is 0 Å². The standard InChI is InChI=1S/C13H16BrNO3/c1-3-11(13(17)18)15(2)12(16)8-9-5-4-6-10(14)7-9/h4-7,11H,3,8H2,1-2H3,(H,17,18). The molecule has 0 bridgehead atoms. The van der Waals surface area contributed by atoms with Gasteiger partial charge in [0.25, 0.3) is 0 Å². The summed E-state index contributed by atoms with van der Waals surface area (Å²) in [6.07, 6.45) is 0.607. The zero-order chi connectivity index (χ0) is 13.7. The molecule has 0 aliphatic heterocycles. The van der Waals surface area contributed by atoms with Crippen LogP contribution in [0.15, 0.2) is 28.7 Å². The maximum atomic E-state index is 12.0. The van der Waals surface area contributed by atoms with E-state index in [0.29, 0.717) is 6.42 Å². The molecule has 0 aromatic heterocycles. The van der Waals surface area contributed by atoms with Crippen molar-refractivity contribution in [3.05, 3.63) is 34.3 Å². The van der Waals surface area contributed by atoms with Gasteiger partial charge in [-0.2, -0.15) is 0 Å². The topological polar surface area (TPSA) is 57.6 Å². The molecule has 0 spiro atoms. The van der Waals surface area contributed by atoms with Crippen LogP contribution in [-0.2, 0) is 16.0 Å². The largest absolute Gasteiger partial charge is 0.480 e. The molecular formula is C13H16BrNO3. The fraction of sp³-hybridized carbons (Fsp3) is 0.385. The number of benzene rings is 1. The molecule has 0 heterocycles. The summed E-state index contributed by atoms with van der Waals surface area (Å²) in [6, 6.07) is 6.67. The van der Waals surface area contributed by atoms with Gasteiger partial charge in [0.1, 0.15) is 6.04 Å². The zero-order valence-corrected chi connectivity index (χ0v) is 12.0. The van der Waals surface area contributed by atoms with Crippen LogP contribution in [0.5, 0.6) is 0 Å². The molecule has 1 atom stereocenters. The van der Waals surface area contributed by atoms with Crippen LogP contribution in [0.4, 0.5) is 0 Å². The minimum Gasteiger partial charge on any atom is -0.480 e. The number of nitrogens with zero attached hydrogens (tertiary/aromatic N) is 1. The smallest absolute Gasteiger partial charge is 0.326 e. The van der Waals surface area contributed by atoms with Gasteiger partial charge in [-0.25, -0.2) is 4.79 Å². The van der Waals surface area contributed by atoms with E-state index < -0.39 is 12.0 Å². The molecule has 1 amide bonds. The van der Waals surface area contributed by atoms with Crippen LogP contribution >= 0.6 is 15.9 Å². The summed E-state index contributed by atoms with van der Waals surface area (Å²) < 4.78 is 0.903. The van der Waals surface area contributed by atoms with Crippen molar-refractivity contribution in [2.75, 3.05) is 7.05 Å². The van der Waals surface area contributed by atoms with Crippen LogP contribution in [0.2, 0.25) is 0 Å². The van der Waals surface area contributed by atoms with Gasteiger partial charge in [-0.1, -0.05) is 35.0 Å². The first-order valence-electron chi connectivity index (χ1n) is 5.68. The van der Waals surface area contributed by atoms with Crippen molar-refractivity contribution in [1.82, 2.24) is 4.90 Å². The first-order chi connectivity index (χ1) is 8.45. The van der Waals surface area contributed by atoms with Gasteiger partial charge in [0.05, 0.1) is 6.42 Å². The third-order valence-corrected chi connectivity index (χ3v) is 3.27. The average molecular weight is 314 g/mol. The molecule has 0 aliphatic carbocycles. The number of carboxylic acids is 1. The van der Waals surface area contributed by atoms with E-state index in [0.717, 1.165) is 10.0 Å². The van der Waals surface area contributed by atoms with Crippen LogP contribution in [-0.4, -0.2) is 35.0 Å². The fourth-order valence-corrected chi connectivity index (χ4v) is 2.18. The SMILES string of the molecule is CCC(C(=O)O)N(C)C(=O)Cc1cccc(Br)c1. The van der Waals surface area contributed by atoms with Gasteiger partial charge < -0.3 is 10.0 Å². The van der Waals surface area contributed by atoms with Gasteiger partial charge >= 0.3 is 5.97 Å². The highest BCUT2D eigenvalue weighted by Crippen LogP contribution is 2.13. The minimum absolute atomic E-state index is 0.192. The second-order valence-electron chi connectivity index (χ2n) is 4.07. The molecule has 1 N–H and O–H groups in total. The number of aliphatic carboxylic acids is 1. The molecule has 0 fully saturated rings. The normalized spacial score (nSPS) is 11.9. The Morgan fingerprint density at radius 1 is 1.44 bits per heavy atom. The lowest BCUT2D eigenvalue weighted by Crippen LogP contribution is -2.42. The third-order valence-electron chi connectivity index (χ3n) is 2.78. The highest BCUT2D eigenvalue weighted by molar-refractivity contribution is 9.10. The maximum absolute atomic E-state index is 12.0. The van der Waals surface area contributed by atoms with E-state index in [1.165, 1.54) is 11.9 Å². The lowest BCUT2D eigenvalue weighted by atomic mass is 10.1. The van der Waals surface area contributed by atoms with E-state index in [-0.39, 0.29) is 12.3 Å². The van der Waals surface area contributed by atoms with E-state index in [1.54, 1.807) is 6.92 Å². The first kappa shape index (κ1) is 14.7. The Hall–Kier alpha value is -1.36. The number of carbonyl (C=O) groups excluding carboxylic acids is 1. The first-order valence-corrected chi connectivity index (χ1v) is 6.48. The molecular weight excluding hydrogens is 298 g/mol. The molecule has 4 nitrogen and oxygen atoms in total. The number of hydrogen-bond donors (Lipinski definition) is 1. The number of amides is 1. The van der Waals surface area contributed by atoms with Crippen LogP contribution in [0.3, 0.4) is 0 Å². The van der Waals surface area contributed by atoms with E-state index in [1.807, 2.05) is 24.3 Å². The Bertz CT molecular complexity index is 448. The average Bonchev–Trinajstić information content (AvgIpc) is 2.29.